The zero-order valence-corrected chi connectivity index (χ0v) is 20.3. The number of amides is 1. The van der Waals surface area contributed by atoms with Crippen LogP contribution in [-0.2, 0) is 4.79 Å². The van der Waals surface area contributed by atoms with Crippen molar-refractivity contribution in [2.24, 2.45) is 0 Å². The molecule has 0 heterocycles. The van der Waals surface area contributed by atoms with Gasteiger partial charge in [0.05, 0.1) is 28.3 Å². The maximum atomic E-state index is 12.7. The fraction of sp³-hybridized carbons (Fsp3) is 0.0417. The average Bonchev–Trinajstić information content (AvgIpc) is 2.85. The van der Waals surface area contributed by atoms with E-state index in [1.165, 1.54) is 43.5 Å². The summed E-state index contributed by atoms with van der Waals surface area (Å²) < 4.78 is 11.2. The fourth-order valence-corrected chi connectivity index (χ4v) is 3.37. The van der Waals surface area contributed by atoms with Crippen LogP contribution in [0.3, 0.4) is 0 Å². The minimum Gasteiger partial charge on any atom is -0.497 e. The first kappa shape index (κ1) is 25.4. The van der Waals surface area contributed by atoms with Gasteiger partial charge < -0.3 is 14.8 Å². The summed E-state index contributed by atoms with van der Waals surface area (Å²) >= 11 is 9.33. The number of anilines is 1. The molecule has 3 aromatic rings. The summed E-state index contributed by atoms with van der Waals surface area (Å²) in [6.07, 6.45) is 1.22. The van der Waals surface area contributed by atoms with Crippen LogP contribution >= 0.6 is 27.5 Å². The van der Waals surface area contributed by atoms with Crippen molar-refractivity contribution in [2.45, 2.75) is 0 Å². The quantitative estimate of drug-likeness (QED) is 0.0973. The number of hydrogen-bond donors (Lipinski definition) is 1. The summed E-state index contributed by atoms with van der Waals surface area (Å²) in [7, 11) is 1.50. The Labute approximate surface area is 212 Å². The molecular formula is C24H15BrClN3O6. The number of nitrogens with one attached hydrogen (secondary N) is 1. The highest BCUT2D eigenvalue weighted by molar-refractivity contribution is 9.10. The topological polar surface area (TPSA) is 132 Å². The van der Waals surface area contributed by atoms with Crippen LogP contribution in [0.4, 0.5) is 11.4 Å². The number of ether oxygens (including phenoxy) is 2. The molecule has 0 aromatic heterocycles. The van der Waals surface area contributed by atoms with Crippen molar-refractivity contribution in [2.75, 3.05) is 12.4 Å². The molecule has 176 valence electrons. The van der Waals surface area contributed by atoms with Crippen molar-refractivity contribution in [1.82, 2.24) is 0 Å². The zero-order valence-electron chi connectivity index (χ0n) is 18.0. The number of rotatable bonds is 7. The van der Waals surface area contributed by atoms with Crippen LogP contribution in [-0.4, -0.2) is 23.9 Å². The second kappa shape index (κ2) is 11.3. The summed E-state index contributed by atoms with van der Waals surface area (Å²) in [5.74, 6) is -0.844. The average molecular weight is 557 g/mol. The number of nitrogens with zero attached hydrogens (tertiary/aromatic N) is 2. The standard InChI is InChI=1S/C24H15BrClN3O6/c1-34-19-6-2-14(3-7-19)24(31)35-22-9-4-17(25)11-15(22)10-16(13-27)23(30)28-21-12-18(29(32)33)5-8-20(21)26/h2-12H,1H3,(H,28,30)/b16-10+. The molecule has 1 N–H and O–H groups in total. The van der Waals surface area contributed by atoms with Gasteiger partial charge in [-0.3, -0.25) is 14.9 Å². The Balaban J connectivity index is 1.89. The molecule has 0 spiro atoms. The molecular weight excluding hydrogens is 542 g/mol. The number of nitriles is 1. The second-order valence-electron chi connectivity index (χ2n) is 6.85. The van der Waals surface area contributed by atoms with E-state index < -0.39 is 16.8 Å². The van der Waals surface area contributed by atoms with E-state index >= 15 is 0 Å². The Kier molecular flexibility index (Phi) is 8.20. The SMILES string of the molecule is COc1ccc(C(=O)Oc2ccc(Br)cc2/C=C(\C#N)C(=O)Nc2cc([N+](=O)[O-])ccc2Cl)cc1. The lowest BCUT2D eigenvalue weighted by atomic mass is 10.1. The molecule has 0 atom stereocenters. The van der Waals surface area contributed by atoms with Crippen LogP contribution in [0.2, 0.25) is 5.02 Å². The minimum absolute atomic E-state index is 0.0348. The summed E-state index contributed by atoms with van der Waals surface area (Å²) in [5.41, 5.74) is -0.146. The van der Waals surface area contributed by atoms with Gasteiger partial charge >= 0.3 is 5.97 Å². The predicted octanol–water partition coefficient (Wildman–Crippen LogP) is 5.78. The lowest BCUT2D eigenvalue weighted by Gasteiger charge is -2.10. The van der Waals surface area contributed by atoms with Gasteiger partial charge in [0.15, 0.2) is 0 Å². The van der Waals surface area contributed by atoms with Crippen LogP contribution in [0.1, 0.15) is 15.9 Å². The van der Waals surface area contributed by atoms with E-state index in [-0.39, 0.29) is 38.8 Å². The van der Waals surface area contributed by atoms with Crippen LogP contribution < -0.4 is 14.8 Å². The third-order valence-electron chi connectivity index (χ3n) is 4.57. The Morgan fingerprint density at radius 2 is 1.86 bits per heavy atom. The summed E-state index contributed by atoms with van der Waals surface area (Å²) in [6.45, 7) is 0. The first-order valence-electron chi connectivity index (χ1n) is 9.74. The Morgan fingerprint density at radius 1 is 1.14 bits per heavy atom. The van der Waals surface area contributed by atoms with E-state index in [4.69, 9.17) is 21.1 Å². The number of esters is 1. The van der Waals surface area contributed by atoms with Gasteiger partial charge in [0.25, 0.3) is 11.6 Å². The van der Waals surface area contributed by atoms with Crippen LogP contribution in [0.15, 0.2) is 70.7 Å². The van der Waals surface area contributed by atoms with Gasteiger partial charge in [-0.1, -0.05) is 27.5 Å². The van der Waals surface area contributed by atoms with Gasteiger partial charge in [-0.15, -0.1) is 0 Å². The van der Waals surface area contributed by atoms with E-state index in [2.05, 4.69) is 21.2 Å². The number of carbonyl (C=O) groups is 2. The fourth-order valence-electron chi connectivity index (χ4n) is 2.83. The van der Waals surface area contributed by atoms with E-state index in [9.17, 15) is 25.0 Å². The predicted molar refractivity (Wildman–Crippen MR) is 132 cm³/mol. The second-order valence-corrected chi connectivity index (χ2v) is 8.17. The van der Waals surface area contributed by atoms with Gasteiger partial charge in [-0.05, 0) is 54.6 Å². The summed E-state index contributed by atoms with van der Waals surface area (Å²) in [5, 5.41) is 23.0. The number of carbonyl (C=O) groups excluding carboxylic acids is 2. The molecule has 0 bridgehead atoms. The molecule has 0 saturated heterocycles. The Morgan fingerprint density at radius 3 is 2.49 bits per heavy atom. The van der Waals surface area contributed by atoms with Gasteiger partial charge in [-0.2, -0.15) is 5.26 Å². The third kappa shape index (κ3) is 6.44. The van der Waals surface area contributed by atoms with E-state index in [0.717, 1.165) is 6.07 Å². The molecule has 1 amide bonds. The van der Waals surface area contributed by atoms with Crippen LogP contribution in [0, 0.1) is 21.4 Å². The van der Waals surface area contributed by atoms with E-state index in [1.807, 2.05) is 0 Å². The van der Waals surface area contributed by atoms with Gasteiger partial charge in [0, 0.05) is 22.2 Å². The van der Waals surface area contributed by atoms with Crippen molar-refractivity contribution >= 4 is 56.9 Å². The van der Waals surface area contributed by atoms with Crippen LogP contribution in [0.25, 0.3) is 6.08 Å². The number of nitro groups is 1. The largest absolute Gasteiger partial charge is 0.497 e. The first-order chi connectivity index (χ1) is 16.7. The maximum absolute atomic E-state index is 12.7. The summed E-state index contributed by atoms with van der Waals surface area (Å²) in [4.78, 5) is 35.7. The molecule has 35 heavy (non-hydrogen) atoms. The monoisotopic (exact) mass is 555 g/mol. The Bertz CT molecular complexity index is 1380. The number of methoxy groups -OCH3 is 1. The van der Waals surface area contributed by atoms with Gasteiger partial charge in [0.1, 0.15) is 23.1 Å². The highest BCUT2D eigenvalue weighted by Gasteiger charge is 2.17. The number of halogens is 2. The Hall–Kier alpha value is -4.20. The lowest BCUT2D eigenvalue weighted by Crippen LogP contribution is -2.14. The summed E-state index contributed by atoms with van der Waals surface area (Å²) in [6, 6.07) is 16.3. The normalized spacial score (nSPS) is 10.7. The molecule has 0 aliphatic carbocycles. The van der Waals surface area contributed by atoms with E-state index in [1.54, 1.807) is 30.3 Å². The smallest absolute Gasteiger partial charge is 0.343 e. The highest BCUT2D eigenvalue weighted by atomic mass is 79.9. The van der Waals surface area contributed by atoms with Gasteiger partial charge in [-0.25, -0.2) is 4.79 Å². The molecule has 0 radical (unpaired) electrons. The molecule has 0 aliphatic heterocycles. The van der Waals surface area contributed by atoms with Crippen molar-refractivity contribution in [3.05, 3.63) is 97.0 Å². The third-order valence-corrected chi connectivity index (χ3v) is 5.40. The molecule has 9 nitrogen and oxygen atoms in total. The van der Waals surface area contributed by atoms with E-state index in [0.29, 0.717) is 10.2 Å². The molecule has 0 saturated carbocycles. The number of nitro benzene ring substituents is 1. The van der Waals surface area contributed by atoms with Crippen molar-refractivity contribution in [3.63, 3.8) is 0 Å². The zero-order chi connectivity index (χ0) is 25.5. The minimum atomic E-state index is -0.859. The van der Waals surface area contributed by atoms with Crippen molar-refractivity contribution < 1.29 is 24.0 Å². The molecule has 0 aliphatic rings. The van der Waals surface area contributed by atoms with Crippen molar-refractivity contribution in [1.29, 1.82) is 5.26 Å². The molecule has 0 unspecified atom stereocenters. The van der Waals surface area contributed by atoms with Crippen molar-refractivity contribution in [3.8, 4) is 17.6 Å². The van der Waals surface area contributed by atoms with Crippen LogP contribution in [0.5, 0.6) is 11.5 Å². The first-order valence-corrected chi connectivity index (χ1v) is 10.9. The number of non-ortho nitro benzene ring substituents is 1. The van der Waals surface area contributed by atoms with Gasteiger partial charge in [0.2, 0.25) is 0 Å². The molecule has 3 rings (SSSR count). The molecule has 11 heteroatoms. The molecule has 3 aromatic carbocycles. The maximum Gasteiger partial charge on any atom is 0.343 e. The molecule has 0 fully saturated rings. The number of benzene rings is 3. The number of hydrogen-bond acceptors (Lipinski definition) is 7. The lowest BCUT2D eigenvalue weighted by molar-refractivity contribution is -0.384. The highest BCUT2D eigenvalue weighted by Crippen LogP contribution is 2.29.